The number of carbonyl (C=O) groups excluding carboxylic acids is 1. The molecule has 0 aliphatic rings. The summed E-state index contributed by atoms with van der Waals surface area (Å²) in [6.45, 7) is 2.78. The third-order valence-electron chi connectivity index (χ3n) is 4.12. The van der Waals surface area contributed by atoms with Gasteiger partial charge in [0.2, 0.25) is 0 Å². The van der Waals surface area contributed by atoms with E-state index in [2.05, 4.69) is 15.3 Å². The van der Waals surface area contributed by atoms with Crippen molar-refractivity contribution in [1.29, 1.82) is 0 Å². The Labute approximate surface area is 157 Å². The fraction of sp³-hybridized carbons (Fsp3) is 0.105. The van der Waals surface area contributed by atoms with E-state index in [1.807, 2.05) is 29.8 Å². The van der Waals surface area contributed by atoms with Crippen molar-refractivity contribution in [3.05, 3.63) is 65.4 Å². The number of nitrogens with zero attached hydrogens (tertiary/aromatic N) is 3. The number of benzene rings is 1. The van der Waals surface area contributed by atoms with Gasteiger partial charge in [-0.1, -0.05) is 0 Å². The van der Waals surface area contributed by atoms with Crippen LogP contribution in [0.3, 0.4) is 0 Å². The number of anilines is 1. The number of nitrogens with one attached hydrogen (secondary N) is 1. The molecule has 1 amide bonds. The van der Waals surface area contributed by atoms with Gasteiger partial charge in [-0.25, -0.2) is 18.7 Å². The molecular formula is C19H14F2N4OS. The van der Waals surface area contributed by atoms with Gasteiger partial charge in [-0.05, 0) is 31.2 Å². The van der Waals surface area contributed by atoms with Crippen LogP contribution in [0.4, 0.5) is 14.5 Å². The second-order valence-electron chi connectivity index (χ2n) is 5.82. The minimum absolute atomic E-state index is 0.0947. The summed E-state index contributed by atoms with van der Waals surface area (Å²) >= 11 is 1.32. The summed E-state index contributed by atoms with van der Waals surface area (Å²) in [5.74, 6) is -2.10. The Balaban J connectivity index is 1.65. The number of hydrogen-bond acceptors (Lipinski definition) is 4. The number of fused-ring (bicyclic) bond motifs is 1. The summed E-state index contributed by atoms with van der Waals surface area (Å²) in [7, 11) is 0. The first-order chi connectivity index (χ1) is 13.1. The van der Waals surface area contributed by atoms with Gasteiger partial charge in [-0.3, -0.25) is 4.79 Å². The molecular weight excluding hydrogens is 370 g/mol. The molecule has 136 valence electrons. The summed E-state index contributed by atoms with van der Waals surface area (Å²) in [5, 5.41) is 5.65. The van der Waals surface area contributed by atoms with Gasteiger partial charge in [-0.15, -0.1) is 11.3 Å². The molecule has 3 heterocycles. The fourth-order valence-electron chi connectivity index (χ4n) is 2.81. The highest BCUT2D eigenvalue weighted by atomic mass is 32.1. The number of aryl methyl sites for hydroxylation is 1. The number of halogens is 2. The molecule has 1 N–H and O–H groups in total. The minimum atomic E-state index is -0.837. The van der Waals surface area contributed by atoms with Crippen LogP contribution in [0.5, 0.6) is 0 Å². The summed E-state index contributed by atoms with van der Waals surface area (Å²) in [6, 6.07) is 6.78. The maximum absolute atomic E-state index is 13.7. The highest BCUT2D eigenvalue weighted by molar-refractivity contribution is 7.13. The van der Waals surface area contributed by atoms with Crippen LogP contribution in [0, 0.1) is 11.6 Å². The van der Waals surface area contributed by atoms with E-state index in [4.69, 9.17) is 0 Å². The normalized spacial score (nSPS) is 11.1. The SMILES string of the molecule is CCn1cc(-c2nc(C(=O)Nc3ccc(F)cc3F)cs2)c2cccnc21. The van der Waals surface area contributed by atoms with E-state index in [9.17, 15) is 13.6 Å². The van der Waals surface area contributed by atoms with E-state index >= 15 is 0 Å². The number of aromatic nitrogens is 3. The van der Waals surface area contributed by atoms with Crippen molar-refractivity contribution in [3.8, 4) is 10.6 Å². The second-order valence-corrected chi connectivity index (χ2v) is 6.68. The van der Waals surface area contributed by atoms with Crippen molar-refractivity contribution < 1.29 is 13.6 Å². The Morgan fingerprint density at radius 3 is 2.93 bits per heavy atom. The summed E-state index contributed by atoms with van der Waals surface area (Å²) in [6.07, 6.45) is 3.69. The lowest BCUT2D eigenvalue weighted by molar-refractivity contribution is 0.102. The summed E-state index contributed by atoms with van der Waals surface area (Å²) < 4.78 is 28.7. The number of rotatable bonds is 4. The maximum atomic E-state index is 13.7. The summed E-state index contributed by atoms with van der Waals surface area (Å²) in [4.78, 5) is 21.2. The molecule has 4 rings (SSSR count). The fourth-order valence-corrected chi connectivity index (χ4v) is 3.64. The smallest absolute Gasteiger partial charge is 0.275 e. The Morgan fingerprint density at radius 1 is 1.30 bits per heavy atom. The van der Waals surface area contributed by atoms with E-state index in [1.54, 1.807) is 11.6 Å². The van der Waals surface area contributed by atoms with E-state index in [1.165, 1.54) is 17.4 Å². The van der Waals surface area contributed by atoms with Crippen LogP contribution >= 0.6 is 11.3 Å². The number of amides is 1. The van der Waals surface area contributed by atoms with Crippen molar-refractivity contribution in [1.82, 2.24) is 14.5 Å². The molecule has 0 saturated heterocycles. The molecule has 0 spiro atoms. The average molecular weight is 384 g/mol. The number of hydrogen-bond donors (Lipinski definition) is 1. The lowest BCUT2D eigenvalue weighted by atomic mass is 10.2. The van der Waals surface area contributed by atoms with Crippen molar-refractivity contribution in [2.45, 2.75) is 13.5 Å². The first-order valence-corrected chi connectivity index (χ1v) is 9.11. The third kappa shape index (κ3) is 3.19. The van der Waals surface area contributed by atoms with Crippen LogP contribution in [0.2, 0.25) is 0 Å². The zero-order valence-electron chi connectivity index (χ0n) is 14.2. The monoisotopic (exact) mass is 384 g/mol. The standard InChI is InChI=1S/C19H14F2N4OS/c1-2-25-9-13(12-4-3-7-22-17(12)25)19-24-16(10-27-19)18(26)23-15-6-5-11(20)8-14(15)21/h3-10H,2H2,1H3,(H,23,26). The molecule has 0 atom stereocenters. The van der Waals surface area contributed by atoms with Crippen molar-refractivity contribution >= 4 is 34.0 Å². The average Bonchev–Trinajstić information content (AvgIpc) is 3.28. The lowest BCUT2D eigenvalue weighted by Gasteiger charge is -2.04. The molecule has 0 radical (unpaired) electrons. The highest BCUT2D eigenvalue weighted by Gasteiger charge is 2.17. The zero-order valence-corrected chi connectivity index (χ0v) is 15.1. The predicted octanol–water partition coefficient (Wildman–Crippen LogP) is 4.71. The molecule has 5 nitrogen and oxygen atoms in total. The molecule has 4 aromatic rings. The molecule has 0 aliphatic heterocycles. The van der Waals surface area contributed by atoms with E-state index in [-0.39, 0.29) is 11.4 Å². The van der Waals surface area contributed by atoms with Gasteiger partial charge in [-0.2, -0.15) is 0 Å². The molecule has 3 aromatic heterocycles. The van der Waals surface area contributed by atoms with Gasteiger partial charge in [0.05, 0.1) is 5.69 Å². The minimum Gasteiger partial charge on any atom is -0.332 e. The second kappa shape index (κ2) is 6.88. The van der Waals surface area contributed by atoms with E-state index in [0.717, 1.165) is 29.2 Å². The molecule has 27 heavy (non-hydrogen) atoms. The largest absolute Gasteiger partial charge is 0.332 e. The van der Waals surface area contributed by atoms with Gasteiger partial charge in [0.1, 0.15) is 28.0 Å². The van der Waals surface area contributed by atoms with Gasteiger partial charge < -0.3 is 9.88 Å². The Kier molecular flexibility index (Phi) is 4.41. The van der Waals surface area contributed by atoms with Gasteiger partial charge in [0, 0.05) is 41.3 Å². The van der Waals surface area contributed by atoms with Crippen LogP contribution in [0.25, 0.3) is 21.6 Å². The van der Waals surface area contributed by atoms with Crippen molar-refractivity contribution in [2.75, 3.05) is 5.32 Å². The first kappa shape index (κ1) is 17.3. The molecule has 0 saturated carbocycles. The van der Waals surface area contributed by atoms with Crippen LogP contribution < -0.4 is 5.32 Å². The van der Waals surface area contributed by atoms with Gasteiger partial charge >= 0.3 is 0 Å². The van der Waals surface area contributed by atoms with Gasteiger partial charge in [0.15, 0.2) is 0 Å². The molecule has 0 unspecified atom stereocenters. The van der Waals surface area contributed by atoms with Crippen LogP contribution in [-0.4, -0.2) is 20.4 Å². The molecule has 0 fully saturated rings. The number of pyridine rings is 1. The van der Waals surface area contributed by atoms with Crippen LogP contribution in [0.15, 0.2) is 48.1 Å². The first-order valence-electron chi connectivity index (χ1n) is 8.23. The quantitative estimate of drug-likeness (QED) is 0.554. The molecule has 0 aliphatic carbocycles. The van der Waals surface area contributed by atoms with Crippen molar-refractivity contribution in [2.24, 2.45) is 0 Å². The Bertz CT molecular complexity index is 1150. The number of carbonyl (C=O) groups is 1. The Hall–Kier alpha value is -3.13. The third-order valence-corrected chi connectivity index (χ3v) is 5.00. The molecule has 0 bridgehead atoms. The Morgan fingerprint density at radius 2 is 2.15 bits per heavy atom. The van der Waals surface area contributed by atoms with Crippen LogP contribution in [0.1, 0.15) is 17.4 Å². The molecule has 8 heteroatoms. The van der Waals surface area contributed by atoms with Gasteiger partial charge in [0.25, 0.3) is 5.91 Å². The maximum Gasteiger partial charge on any atom is 0.275 e. The lowest BCUT2D eigenvalue weighted by Crippen LogP contribution is -2.13. The topological polar surface area (TPSA) is 59.8 Å². The van der Waals surface area contributed by atoms with Crippen molar-refractivity contribution in [3.63, 3.8) is 0 Å². The number of thiazole rings is 1. The van der Waals surface area contributed by atoms with E-state index < -0.39 is 17.5 Å². The van der Waals surface area contributed by atoms with Crippen LogP contribution in [-0.2, 0) is 6.54 Å². The summed E-state index contributed by atoms with van der Waals surface area (Å²) in [5.41, 5.74) is 1.81. The predicted molar refractivity (Wildman–Crippen MR) is 101 cm³/mol. The highest BCUT2D eigenvalue weighted by Crippen LogP contribution is 2.32. The van der Waals surface area contributed by atoms with E-state index in [0.29, 0.717) is 11.1 Å². The zero-order chi connectivity index (χ0) is 19.0. The molecule has 1 aromatic carbocycles.